The minimum Gasteiger partial charge on any atom is -0.117 e. The molecule has 0 atom stereocenters. The maximum atomic E-state index is 5.61. The summed E-state index contributed by atoms with van der Waals surface area (Å²) in [5, 5.41) is 0. The molecule has 0 fully saturated rings. The summed E-state index contributed by atoms with van der Waals surface area (Å²) < 4.78 is 0. The quantitative estimate of drug-likeness (QED) is 0.506. The van der Waals surface area contributed by atoms with Crippen LogP contribution >= 0.6 is 0 Å². The van der Waals surface area contributed by atoms with Gasteiger partial charge in [0.25, 0.3) is 0 Å². The summed E-state index contributed by atoms with van der Waals surface area (Å²) in [4.78, 5) is 0. The number of hydrogen-bond donors (Lipinski definition) is 0. The number of rotatable bonds is 2. The van der Waals surface area contributed by atoms with Crippen LogP contribution in [0.5, 0.6) is 0 Å². The van der Waals surface area contributed by atoms with Gasteiger partial charge in [-0.3, -0.25) is 0 Å². The van der Waals surface area contributed by atoms with E-state index in [0.717, 1.165) is 11.9 Å². The fourth-order valence-corrected chi connectivity index (χ4v) is 1.23. The molecule has 1 aliphatic carbocycles. The second kappa shape index (κ2) is 3.65. The van der Waals surface area contributed by atoms with Gasteiger partial charge in [0.1, 0.15) is 7.85 Å². The maximum absolute atomic E-state index is 5.61. The lowest BCUT2D eigenvalue weighted by atomic mass is 9.85. The van der Waals surface area contributed by atoms with E-state index in [1.54, 1.807) is 5.57 Å². The van der Waals surface area contributed by atoms with Crippen molar-refractivity contribution in [2.75, 3.05) is 0 Å². The SMILES string of the molecule is [B]C1=CC=C(CCC)CC1. The van der Waals surface area contributed by atoms with Crippen molar-refractivity contribution in [1.82, 2.24) is 0 Å². The Bertz CT molecular complexity index is 162. The first-order valence-electron chi connectivity index (χ1n) is 3.97. The van der Waals surface area contributed by atoms with Gasteiger partial charge in [0.15, 0.2) is 0 Å². The predicted molar refractivity (Wildman–Crippen MR) is 46.1 cm³/mol. The molecule has 0 aromatic carbocycles. The van der Waals surface area contributed by atoms with E-state index in [1.807, 2.05) is 6.08 Å². The Balaban J connectivity index is 2.47. The fourth-order valence-electron chi connectivity index (χ4n) is 1.23. The molecular formula is C9H13B. The summed E-state index contributed by atoms with van der Waals surface area (Å²) in [6.07, 6.45) is 8.93. The van der Waals surface area contributed by atoms with Crippen LogP contribution in [0.2, 0.25) is 0 Å². The van der Waals surface area contributed by atoms with E-state index in [-0.39, 0.29) is 0 Å². The molecule has 0 amide bonds. The van der Waals surface area contributed by atoms with Crippen LogP contribution in [0.3, 0.4) is 0 Å². The summed E-state index contributed by atoms with van der Waals surface area (Å²) in [5.74, 6) is 0. The van der Waals surface area contributed by atoms with Crippen LogP contribution < -0.4 is 0 Å². The summed E-state index contributed by atoms with van der Waals surface area (Å²) in [5.41, 5.74) is 2.58. The second-order valence-electron chi connectivity index (χ2n) is 2.82. The minimum atomic E-state index is 1.03. The van der Waals surface area contributed by atoms with Crippen molar-refractivity contribution in [1.29, 1.82) is 0 Å². The molecule has 1 heteroatoms. The largest absolute Gasteiger partial charge is 0.117 e. The molecule has 52 valence electrons. The normalized spacial score (nSPS) is 18.1. The van der Waals surface area contributed by atoms with Gasteiger partial charge in [0, 0.05) is 0 Å². The van der Waals surface area contributed by atoms with Gasteiger partial charge in [-0.1, -0.05) is 31.1 Å². The van der Waals surface area contributed by atoms with Crippen LogP contribution in [0.25, 0.3) is 0 Å². The fraction of sp³-hybridized carbons (Fsp3) is 0.556. The minimum absolute atomic E-state index is 1.03. The van der Waals surface area contributed by atoms with Gasteiger partial charge in [-0.2, -0.15) is 0 Å². The third-order valence-corrected chi connectivity index (χ3v) is 1.84. The Labute approximate surface area is 64.4 Å². The van der Waals surface area contributed by atoms with E-state index >= 15 is 0 Å². The van der Waals surface area contributed by atoms with Gasteiger partial charge in [-0.05, 0) is 19.3 Å². The van der Waals surface area contributed by atoms with Gasteiger partial charge in [0.05, 0.1) is 0 Å². The van der Waals surface area contributed by atoms with Gasteiger partial charge >= 0.3 is 0 Å². The molecule has 0 saturated carbocycles. The highest BCUT2D eigenvalue weighted by molar-refractivity contribution is 6.21. The lowest BCUT2D eigenvalue weighted by Gasteiger charge is -2.10. The second-order valence-corrected chi connectivity index (χ2v) is 2.82. The van der Waals surface area contributed by atoms with Crippen molar-refractivity contribution in [3.63, 3.8) is 0 Å². The van der Waals surface area contributed by atoms with E-state index in [9.17, 15) is 0 Å². The zero-order valence-electron chi connectivity index (χ0n) is 6.56. The van der Waals surface area contributed by atoms with Gasteiger partial charge in [0.2, 0.25) is 0 Å². The average molecular weight is 132 g/mol. The van der Waals surface area contributed by atoms with Crippen molar-refractivity contribution < 1.29 is 0 Å². The molecule has 0 spiro atoms. The highest BCUT2D eigenvalue weighted by Gasteiger charge is 2.00. The summed E-state index contributed by atoms with van der Waals surface area (Å²) in [6, 6.07) is 0. The molecule has 0 aliphatic heterocycles. The predicted octanol–water partition coefficient (Wildman–Crippen LogP) is 2.56. The standard InChI is InChI=1S/C9H13B/c1-2-3-8-4-6-9(10)7-5-8/h4,6H,2-3,5,7H2,1H3. The van der Waals surface area contributed by atoms with Crippen molar-refractivity contribution >= 4 is 7.85 Å². The van der Waals surface area contributed by atoms with Crippen molar-refractivity contribution in [2.24, 2.45) is 0 Å². The Morgan fingerprint density at radius 3 is 2.70 bits per heavy atom. The molecule has 2 radical (unpaired) electrons. The smallest absolute Gasteiger partial charge is 0.107 e. The van der Waals surface area contributed by atoms with Crippen molar-refractivity contribution in [3.05, 3.63) is 23.2 Å². The van der Waals surface area contributed by atoms with Crippen LogP contribution in [0, 0.1) is 0 Å². The molecule has 1 aliphatic rings. The van der Waals surface area contributed by atoms with Gasteiger partial charge in [-0.15, -0.1) is 5.47 Å². The number of allylic oxidation sites excluding steroid dienone is 4. The monoisotopic (exact) mass is 132 g/mol. The summed E-state index contributed by atoms with van der Waals surface area (Å²) in [7, 11) is 5.61. The molecule has 0 heterocycles. The van der Waals surface area contributed by atoms with E-state index in [2.05, 4.69) is 13.0 Å². The first kappa shape index (κ1) is 7.65. The molecule has 0 aromatic heterocycles. The Morgan fingerprint density at radius 2 is 2.20 bits per heavy atom. The van der Waals surface area contributed by atoms with Crippen LogP contribution in [-0.4, -0.2) is 7.85 Å². The lowest BCUT2D eigenvalue weighted by Crippen LogP contribution is -1.92. The van der Waals surface area contributed by atoms with E-state index < -0.39 is 0 Å². The maximum Gasteiger partial charge on any atom is 0.107 e. The van der Waals surface area contributed by atoms with Crippen molar-refractivity contribution in [2.45, 2.75) is 32.6 Å². The van der Waals surface area contributed by atoms with E-state index in [0.29, 0.717) is 0 Å². The van der Waals surface area contributed by atoms with Gasteiger partial charge in [-0.25, -0.2) is 0 Å². The zero-order chi connectivity index (χ0) is 7.40. The van der Waals surface area contributed by atoms with E-state index in [4.69, 9.17) is 7.85 Å². The number of hydrogen-bond acceptors (Lipinski definition) is 0. The van der Waals surface area contributed by atoms with Gasteiger partial charge < -0.3 is 0 Å². The van der Waals surface area contributed by atoms with E-state index in [1.165, 1.54) is 19.3 Å². The molecule has 0 N–H and O–H groups in total. The molecule has 0 nitrogen and oxygen atoms in total. The first-order valence-corrected chi connectivity index (χ1v) is 3.97. The Kier molecular flexibility index (Phi) is 2.79. The topological polar surface area (TPSA) is 0 Å². The summed E-state index contributed by atoms with van der Waals surface area (Å²) >= 11 is 0. The Hall–Kier alpha value is -0.455. The molecular weight excluding hydrogens is 119 g/mol. The zero-order valence-corrected chi connectivity index (χ0v) is 6.56. The van der Waals surface area contributed by atoms with Crippen LogP contribution in [0.4, 0.5) is 0 Å². The first-order chi connectivity index (χ1) is 4.83. The van der Waals surface area contributed by atoms with Crippen LogP contribution in [-0.2, 0) is 0 Å². The van der Waals surface area contributed by atoms with Crippen LogP contribution in [0.1, 0.15) is 32.6 Å². The molecule has 0 unspecified atom stereocenters. The molecule has 10 heavy (non-hydrogen) atoms. The Morgan fingerprint density at radius 1 is 1.40 bits per heavy atom. The lowest BCUT2D eigenvalue weighted by molar-refractivity contribution is 0.816. The molecule has 0 aromatic rings. The molecule has 0 saturated heterocycles. The third kappa shape index (κ3) is 2.05. The highest BCUT2D eigenvalue weighted by atomic mass is 14.0. The molecule has 1 rings (SSSR count). The highest BCUT2D eigenvalue weighted by Crippen LogP contribution is 2.19. The van der Waals surface area contributed by atoms with Crippen LogP contribution in [0.15, 0.2) is 23.2 Å². The third-order valence-electron chi connectivity index (χ3n) is 1.84. The van der Waals surface area contributed by atoms with Crippen molar-refractivity contribution in [3.8, 4) is 0 Å². The average Bonchev–Trinajstić information content (AvgIpc) is 1.95. The summed E-state index contributed by atoms with van der Waals surface area (Å²) in [6.45, 7) is 2.21. The molecule has 0 bridgehead atoms.